The van der Waals surface area contributed by atoms with Crippen LogP contribution in [0.5, 0.6) is 11.5 Å². The van der Waals surface area contributed by atoms with Crippen molar-refractivity contribution in [1.29, 1.82) is 0 Å². The monoisotopic (exact) mass is 444 g/mol. The molecular weight excluding hydrogens is 426 g/mol. The molecule has 0 aliphatic carbocycles. The molecule has 5 aromatic rings. The molecule has 0 unspecified atom stereocenters. The molecule has 0 bridgehead atoms. The number of aryl methyl sites for hydroxylation is 1. The molecule has 6 nitrogen and oxygen atoms in total. The second kappa shape index (κ2) is 7.90. The zero-order valence-corrected chi connectivity index (χ0v) is 17.5. The number of carbonyl (C=O) groups excluding carboxylic acids is 1. The normalized spacial score (nSPS) is 11.1. The van der Waals surface area contributed by atoms with Crippen molar-refractivity contribution in [3.05, 3.63) is 101 Å². The van der Waals surface area contributed by atoms with Crippen molar-refractivity contribution in [3.63, 3.8) is 0 Å². The summed E-state index contributed by atoms with van der Waals surface area (Å²) in [6.45, 7) is 1.80. The van der Waals surface area contributed by atoms with Crippen LogP contribution in [0, 0.1) is 18.6 Å². The van der Waals surface area contributed by atoms with E-state index >= 15 is 0 Å². The summed E-state index contributed by atoms with van der Waals surface area (Å²) in [5.41, 5.74) is 9.15. The fourth-order valence-corrected chi connectivity index (χ4v) is 3.68. The molecule has 0 aliphatic rings. The Morgan fingerprint density at radius 3 is 2.67 bits per heavy atom. The lowest BCUT2D eigenvalue weighted by Gasteiger charge is -2.12. The molecule has 0 amide bonds. The number of para-hydroxylation sites is 1. The second-order valence-corrected chi connectivity index (χ2v) is 7.56. The molecule has 0 fully saturated rings. The largest absolute Gasteiger partial charge is 0.454 e. The Bertz CT molecular complexity index is 1490. The van der Waals surface area contributed by atoms with Gasteiger partial charge >= 0.3 is 0 Å². The summed E-state index contributed by atoms with van der Waals surface area (Å²) in [6.07, 6.45) is 1.43. The Morgan fingerprint density at radius 1 is 1.06 bits per heavy atom. The van der Waals surface area contributed by atoms with Gasteiger partial charge in [0.2, 0.25) is 11.6 Å². The van der Waals surface area contributed by atoms with Crippen LogP contribution in [-0.2, 0) is 0 Å². The molecule has 33 heavy (non-hydrogen) atoms. The van der Waals surface area contributed by atoms with Gasteiger partial charge in [0.25, 0.3) is 0 Å². The predicted molar refractivity (Wildman–Crippen MR) is 121 cm³/mol. The van der Waals surface area contributed by atoms with Gasteiger partial charge in [-0.1, -0.05) is 24.3 Å². The van der Waals surface area contributed by atoms with Crippen molar-refractivity contribution < 1.29 is 18.3 Å². The van der Waals surface area contributed by atoms with Crippen LogP contribution < -0.4 is 10.5 Å². The summed E-state index contributed by atoms with van der Waals surface area (Å²) in [6, 6.07) is 18.0. The number of carbonyl (C=O) groups is 1. The first-order chi connectivity index (χ1) is 15.9. The topological polar surface area (TPSA) is 85.9 Å². The lowest BCUT2D eigenvalue weighted by Crippen LogP contribution is -2.08. The lowest BCUT2D eigenvalue weighted by molar-refractivity contribution is 0.103. The van der Waals surface area contributed by atoms with Crippen molar-refractivity contribution >= 4 is 22.5 Å². The third-order valence-electron chi connectivity index (χ3n) is 5.37. The van der Waals surface area contributed by atoms with Crippen molar-refractivity contribution in [2.75, 3.05) is 5.73 Å². The zero-order valence-electron chi connectivity index (χ0n) is 17.5. The number of nitrogens with two attached hydrogens (primary N) is 1. The van der Waals surface area contributed by atoms with E-state index in [9.17, 15) is 13.6 Å². The van der Waals surface area contributed by atoms with Gasteiger partial charge in [0.1, 0.15) is 11.6 Å². The van der Waals surface area contributed by atoms with E-state index in [1.54, 1.807) is 31.2 Å². The number of rotatable bonds is 5. The number of aromatic nitrogens is 3. The molecule has 0 saturated heterocycles. The summed E-state index contributed by atoms with van der Waals surface area (Å²) < 4.78 is 34.3. The van der Waals surface area contributed by atoms with Crippen LogP contribution in [-0.4, -0.2) is 20.5 Å². The molecule has 0 saturated carbocycles. The average molecular weight is 444 g/mol. The Morgan fingerprint density at radius 2 is 1.88 bits per heavy atom. The fourth-order valence-electron chi connectivity index (χ4n) is 3.68. The first kappa shape index (κ1) is 20.4. The van der Waals surface area contributed by atoms with E-state index in [0.717, 1.165) is 17.0 Å². The molecule has 164 valence electrons. The predicted octanol–water partition coefficient (Wildman–Crippen LogP) is 5.55. The highest BCUT2D eigenvalue weighted by atomic mass is 19.2. The highest BCUT2D eigenvalue weighted by molar-refractivity contribution is 6.12. The smallest absolute Gasteiger partial charge is 0.214 e. The Balaban J connectivity index is 1.44. The minimum absolute atomic E-state index is 0.187. The first-order valence-electron chi connectivity index (χ1n) is 10.1. The minimum Gasteiger partial charge on any atom is -0.454 e. The maximum atomic E-state index is 13.9. The average Bonchev–Trinajstić information content (AvgIpc) is 3.40. The van der Waals surface area contributed by atoms with E-state index in [1.165, 1.54) is 23.0 Å². The van der Waals surface area contributed by atoms with Crippen molar-refractivity contribution in [1.82, 2.24) is 14.8 Å². The number of H-pyrrole nitrogens is 1. The van der Waals surface area contributed by atoms with E-state index < -0.39 is 11.6 Å². The number of benzene rings is 3. The summed E-state index contributed by atoms with van der Waals surface area (Å²) in [4.78, 5) is 16.1. The molecular formula is C25H18F2N4O2. The van der Waals surface area contributed by atoms with Crippen LogP contribution in [0.25, 0.3) is 16.6 Å². The van der Waals surface area contributed by atoms with Gasteiger partial charge in [0, 0.05) is 10.9 Å². The number of aromatic amines is 1. The number of hydrogen-bond donors (Lipinski definition) is 2. The molecule has 2 heterocycles. The highest BCUT2D eigenvalue weighted by Crippen LogP contribution is 2.30. The molecule has 5 rings (SSSR count). The number of nitrogens with zero attached hydrogens (tertiary/aromatic N) is 2. The quantitative estimate of drug-likeness (QED) is 0.348. The third-order valence-corrected chi connectivity index (χ3v) is 5.37. The van der Waals surface area contributed by atoms with E-state index in [1.807, 2.05) is 24.3 Å². The molecule has 0 aliphatic heterocycles. The molecule has 8 heteroatoms. The van der Waals surface area contributed by atoms with Gasteiger partial charge in [-0.2, -0.15) is 9.49 Å². The number of ketones is 1. The summed E-state index contributed by atoms with van der Waals surface area (Å²) in [5.74, 6) is -2.03. The number of ether oxygens (including phenoxy) is 1. The first-order valence-corrected chi connectivity index (χ1v) is 10.1. The zero-order chi connectivity index (χ0) is 23.1. The van der Waals surface area contributed by atoms with Gasteiger partial charge in [-0.15, -0.1) is 0 Å². The molecule has 0 spiro atoms. The van der Waals surface area contributed by atoms with Gasteiger partial charge < -0.3 is 15.5 Å². The summed E-state index contributed by atoms with van der Waals surface area (Å²) in [5, 5.41) is 5.22. The van der Waals surface area contributed by atoms with Gasteiger partial charge in [0.05, 0.1) is 23.1 Å². The standard InChI is InChI=1S/C25H18F2N4O2/c1-14-11-16(33-22-8-4-6-18(26)23(22)27)9-10-21(14)31-25(28)17(13-29-31)24(32)20-12-15-5-2-3-7-19(15)30-20/h2-13,30H,28H2,1H3. The maximum Gasteiger partial charge on any atom is 0.214 e. The fraction of sp³-hybridized carbons (Fsp3) is 0.0400. The number of fused-ring (bicyclic) bond motifs is 1. The summed E-state index contributed by atoms with van der Waals surface area (Å²) in [7, 11) is 0. The van der Waals surface area contributed by atoms with Crippen LogP contribution in [0.4, 0.5) is 14.6 Å². The second-order valence-electron chi connectivity index (χ2n) is 7.56. The molecule has 2 aromatic heterocycles. The van der Waals surface area contributed by atoms with Crippen LogP contribution in [0.2, 0.25) is 0 Å². The summed E-state index contributed by atoms with van der Waals surface area (Å²) >= 11 is 0. The van der Waals surface area contributed by atoms with Gasteiger partial charge in [-0.3, -0.25) is 4.79 Å². The Hall–Kier alpha value is -4.46. The van der Waals surface area contributed by atoms with Crippen molar-refractivity contribution in [3.8, 4) is 17.2 Å². The van der Waals surface area contributed by atoms with Crippen LogP contribution in [0.3, 0.4) is 0 Å². The van der Waals surface area contributed by atoms with Crippen LogP contribution in [0.15, 0.2) is 72.9 Å². The number of nitrogens with one attached hydrogen (secondary N) is 1. The molecule has 3 N–H and O–H groups in total. The molecule has 0 atom stereocenters. The molecule has 3 aromatic carbocycles. The third kappa shape index (κ3) is 3.61. The van der Waals surface area contributed by atoms with E-state index in [2.05, 4.69) is 10.1 Å². The number of hydrogen-bond acceptors (Lipinski definition) is 4. The molecule has 0 radical (unpaired) electrons. The van der Waals surface area contributed by atoms with Crippen molar-refractivity contribution in [2.24, 2.45) is 0 Å². The Kier molecular flexibility index (Phi) is 4.90. The number of halogens is 2. The maximum absolute atomic E-state index is 13.9. The number of anilines is 1. The van der Waals surface area contributed by atoms with E-state index in [-0.39, 0.29) is 22.9 Å². The van der Waals surface area contributed by atoms with Crippen LogP contribution >= 0.6 is 0 Å². The SMILES string of the molecule is Cc1cc(Oc2cccc(F)c2F)ccc1-n1ncc(C(=O)c2cc3ccccc3[nH]2)c1N. The Labute approximate surface area is 187 Å². The minimum atomic E-state index is -1.06. The van der Waals surface area contributed by atoms with Gasteiger partial charge in [-0.25, -0.2) is 9.07 Å². The van der Waals surface area contributed by atoms with Crippen LogP contribution in [0.1, 0.15) is 21.6 Å². The number of nitrogen functional groups attached to an aromatic ring is 1. The van der Waals surface area contributed by atoms with E-state index in [0.29, 0.717) is 22.7 Å². The van der Waals surface area contributed by atoms with Gasteiger partial charge in [0.15, 0.2) is 11.6 Å². The van der Waals surface area contributed by atoms with E-state index in [4.69, 9.17) is 10.5 Å². The van der Waals surface area contributed by atoms with Gasteiger partial charge in [-0.05, 0) is 55.0 Å². The lowest BCUT2D eigenvalue weighted by atomic mass is 10.1. The highest BCUT2D eigenvalue weighted by Gasteiger charge is 2.20. The van der Waals surface area contributed by atoms with Crippen molar-refractivity contribution in [2.45, 2.75) is 6.92 Å².